The van der Waals surface area contributed by atoms with Crippen LogP contribution < -0.4 is 10.5 Å². The summed E-state index contributed by atoms with van der Waals surface area (Å²) in [6.45, 7) is 4.00. The van der Waals surface area contributed by atoms with E-state index in [0.717, 1.165) is 20.7 Å². The van der Waals surface area contributed by atoms with Crippen LogP contribution in [0, 0.1) is 13.8 Å². The lowest BCUT2D eigenvalue weighted by Crippen LogP contribution is -2.17. The Hall–Kier alpha value is -2.93. The molecule has 3 aromatic heterocycles. The van der Waals surface area contributed by atoms with Gasteiger partial charge in [-0.2, -0.15) is 4.68 Å². The third kappa shape index (κ3) is 4.16. The van der Waals surface area contributed by atoms with Crippen LogP contribution in [-0.4, -0.2) is 36.5 Å². The van der Waals surface area contributed by atoms with Crippen molar-refractivity contribution in [2.24, 2.45) is 0 Å². The van der Waals surface area contributed by atoms with Gasteiger partial charge in [0.15, 0.2) is 0 Å². The Labute approximate surface area is 176 Å². The lowest BCUT2D eigenvalue weighted by molar-refractivity contribution is -0.274. The minimum atomic E-state index is -4.75. The fraction of sp³-hybridized carbons (Fsp3) is 0.235. The molecule has 0 saturated heterocycles. The maximum Gasteiger partial charge on any atom is 0.573 e. The normalized spacial score (nSPS) is 11.9. The number of alkyl halides is 3. The SMILES string of the molecule is Cc1sc2nc(CSc3nnnn3-c3ccc(OC(F)(F)F)cc3)nc(N)c2c1C. The number of ether oxygens (including phenoxy) is 1. The Balaban J connectivity index is 1.52. The second-order valence-electron chi connectivity index (χ2n) is 6.19. The second kappa shape index (κ2) is 7.72. The summed E-state index contributed by atoms with van der Waals surface area (Å²) >= 11 is 2.84. The number of thiophene rings is 1. The molecule has 0 saturated carbocycles. The monoisotopic (exact) mass is 453 g/mol. The van der Waals surface area contributed by atoms with Crippen LogP contribution >= 0.6 is 23.1 Å². The molecular weight excluding hydrogens is 439 g/mol. The Morgan fingerprint density at radius 1 is 1.17 bits per heavy atom. The van der Waals surface area contributed by atoms with E-state index in [1.807, 2.05) is 13.8 Å². The summed E-state index contributed by atoms with van der Waals surface area (Å²) < 4.78 is 42.2. The number of tetrazole rings is 1. The third-order valence-electron chi connectivity index (χ3n) is 4.19. The minimum Gasteiger partial charge on any atom is -0.406 e. The quantitative estimate of drug-likeness (QED) is 0.451. The van der Waals surface area contributed by atoms with Crippen molar-refractivity contribution in [3.05, 3.63) is 40.5 Å². The van der Waals surface area contributed by atoms with Gasteiger partial charge >= 0.3 is 6.36 Å². The molecule has 2 N–H and O–H groups in total. The first-order valence-electron chi connectivity index (χ1n) is 8.51. The molecule has 0 unspecified atom stereocenters. The van der Waals surface area contributed by atoms with Crippen LogP contribution in [-0.2, 0) is 5.75 Å². The average Bonchev–Trinajstić information content (AvgIpc) is 3.24. The molecule has 0 atom stereocenters. The molecule has 3 heterocycles. The number of rotatable bonds is 5. The van der Waals surface area contributed by atoms with E-state index in [9.17, 15) is 13.2 Å². The molecule has 13 heteroatoms. The molecule has 0 aliphatic rings. The lowest BCUT2D eigenvalue weighted by Gasteiger charge is -2.09. The third-order valence-corrected chi connectivity index (χ3v) is 6.21. The molecule has 0 aliphatic carbocycles. The van der Waals surface area contributed by atoms with Crippen molar-refractivity contribution in [3.8, 4) is 11.4 Å². The number of aryl methyl sites for hydroxylation is 2. The van der Waals surface area contributed by atoms with Crippen LogP contribution in [0.25, 0.3) is 15.9 Å². The predicted octanol–water partition coefficient (Wildman–Crippen LogP) is 4.06. The van der Waals surface area contributed by atoms with Crippen molar-refractivity contribution in [3.63, 3.8) is 0 Å². The van der Waals surface area contributed by atoms with Gasteiger partial charge in [0.25, 0.3) is 0 Å². The maximum atomic E-state index is 12.3. The number of nitrogens with zero attached hydrogens (tertiary/aromatic N) is 6. The Bertz CT molecular complexity index is 1200. The molecule has 4 aromatic rings. The van der Waals surface area contributed by atoms with Crippen LogP contribution in [0.15, 0.2) is 29.4 Å². The van der Waals surface area contributed by atoms with Gasteiger partial charge in [0.2, 0.25) is 5.16 Å². The van der Waals surface area contributed by atoms with Gasteiger partial charge < -0.3 is 10.5 Å². The molecule has 30 heavy (non-hydrogen) atoms. The van der Waals surface area contributed by atoms with E-state index in [4.69, 9.17) is 5.73 Å². The topological polar surface area (TPSA) is 105 Å². The van der Waals surface area contributed by atoms with Crippen molar-refractivity contribution in [1.82, 2.24) is 30.2 Å². The summed E-state index contributed by atoms with van der Waals surface area (Å²) in [6, 6.07) is 5.24. The number of benzene rings is 1. The van der Waals surface area contributed by atoms with Crippen LogP contribution in [0.5, 0.6) is 5.75 Å². The van der Waals surface area contributed by atoms with E-state index in [1.54, 1.807) is 11.3 Å². The highest BCUT2D eigenvalue weighted by Gasteiger charge is 2.31. The molecule has 0 fully saturated rings. The summed E-state index contributed by atoms with van der Waals surface area (Å²) in [5.41, 5.74) is 7.67. The molecule has 8 nitrogen and oxygen atoms in total. The van der Waals surface area contributed by atoms with E-state index >= 15 is 0 Å². The van der Waals surface area contributed by atoms with Crippen molar-refractivity contribution in [1.29, 1.82) is 0 Å². The summed E-state index contributed by atoms with van der Waals surface area (Å²) in [6.07, 6.45) is -4.75. The van der Waals surface area contributed by atoms with E-state index in [1.165, 1.54) is 40.7 Å². The zero-order valence-corrected chi connectivity index (χ0v) is 17.3. The van der Waals surface area contributed by atoms with E-state index in [0.29, 0.717) is 28.2 Å². The predicted molar refractivity (Wildman–Crippen MR) is 107 cm³/mol. The molecule has 0 amide bonds. The second-order valence-corrected chi connectivity index (χ2v) is 8.34. The largest absolute Gasteiger partial charge is 0.573 e. The van der Waals surface area contributed by atoms with Gasteiger partial charge in [-0.3, -0.25) is 0 Å². The van der Waals surface area contributed by atoms with E-state index in [2.05, 4.69) is 30.2 Å². The average molecular weight is 453 g/mol. The van der Waals surface area contributed by atoms with Gasteiger partial charge in [-0.15, -0.1) is 29.6 Å². The number of halogens is 3. The fourth-order valence-electron chi connectivity index (χ4n) is 2.74. The number of nitrogen functional groups attached to an aromatic ring is 1. The summed E-state index contributed by atoms with van der Waals surface area (Å²) in [5, 5.41) is 12.8. The van der Waals surface area contributed by atoms with Gasteiger partial charge in [-0.05, 0) is 54.1 Å². The van der Waals surface area contributed by atoms with Gasteiger partial charge in [0.1, 0.15) is 22.2 Å². The molecule has 0 bridgehead atoms. The maximum absolute atomic E-state index is 12.3. The first kappa shape index (κ1) is 20.3. The smallest absolute Gasteiger partial charge is 0.406 e. The summed E-state index contributed by atoms with van der Waals surface area (Å²) in [7, 11) is 0. The van der Waals surface area contributed by atoms with E-state index in [-0.39, 0.29) is 5.75 Å². The zero-order chi connectivity index (χ0) is 21.5. The highest BCUT2D eigenvalue weighted by atomic mass is 32.2. The minimum absolute atomic E-state index is 0.327. The first-order chi connectivity index (χ1) is 14.2. The fourth-order valence-corrected chi connectivity index (χ4v) is 4.54. The molecule has 4 rings (SSSR count). The van der Waals surface area contributed by atoms with Crippen molar-refractivity contribution in [2.45, 2.75) is 31.1 Å². The number of anilines is 1. The van der Waals surface area contributed by atoms with Crippen LogP contribution in [0.2, 0.25) is 0 Å². The van der Waals surface area contributed by atoms with Gasteiger partial charge in [0, 0.05) is 4.88 Å². The number of hydrogen-bond donors (Lipinski definition) is 1. The van der Waals surface area contributed by atoms with E-state index < -0.39 is 6.36 Å². The molecular formula is C17H14F3N7OS2. The molecule has 156 valence electrons. The van der Waals surface area contributed by atoms with Crippen molar-refractivity contribution < 1.29 is 17.9 Å². The summed E-state index contributed by atoms with van der Waals surface area (Å²) in [5.74, 6) is 1.01. The first-order valence-corrected chi connectivity index (χ1v) is 10.3. The number of hydrogen-bond acceptors (Lipinski definition) is 9. The lowest BCUT2D eigenvalue weighted by atomic mass is 10.2. The van der Waals surface area contributed by atoms with Crippen LogP contribution in [0.1, 0.15) is 16.3 Å². The standard InChI is InChI=1S/C17H14F3N7OS2/c1-8-9(2)30-15-13(8)14(21)22-12(23-15)7-29-16-24-25-26-27(16)10-3-5-11(6-4-10)28-17(18,19)20/h3-6H,7H2,1-2H3,(H2,21,22,23). The Morgan fingerprint density at radius 2 is 1.90 bits per heavy atom. The number of thioether (sulfide) groups is 1. The number of nitrogens with two attached hydrogens (primary N) is 1. The molecule has 0 aliphatic heterocycles. The Kier molecular flexibility index (Phi) is 5.24. The van der Waals surface area contributed by atoms with Crippen molar-refractivity contribution >= 4 is 39.1 Å². The zero-order valence-electron chi connectivity index (χ0n) is 15.6. The highest BCUT2D eigenvalue weighted by molar-refractivity contribution is 7.98. The highest BCUT2D eigenvalue weighted by Crippen LogP contribution is 2.33. The molecule has 1 aromatic carbocycles. The molecule has 0 radical (unpaired) electrons. The van der Waals surface area contributed by atoms with Crippen LogP contribution in [0.4, 0.5) is 19.0 Å². The van der Waals surface area contributed by atoms with Gasteiger partial charge in [-0.25, -0.2) is 9.97 Å². The van der Waals surface area contributed by atoms with Gasteiger partial charge in [0.05, 0.1) is 16.8 Å². The van der Waals surface area contributed by atoms with Gasteiger partial charge in [-0.1, -0.05) is 11.8 Å². The Morgan fingerprint density at radius 3 is 2.60 bits per heavy atom. The molecule has 0 spiro atoms. The number of aromatic nitrogens is 6. The summed E-state index contributed by atoms with van der Waals surface area (Å²) in [4.78, 5) is 10.9. The number of fused-ring (bicyclic) bond motifs is 1. The van der Waals surface area contributed by atoms with Crippen molar-refractivity contribution in [2.75, 3.05) is 5.73 Å². The van der Waals surface area contributed by atoms with Crippen LogP contribution in [0.3, 0.4) is 0 Å².